The Balaban J connectivity index is 2.62. The molecule has 0 bridgehead atoms. The summed E-state index contributed by atoms with van der Waals surface area (Å²) in [5.41, 5.74) is 0. The average molecular weight is 285 g/mol. The molecule has 3 unspecified atom stereocenters. The van der Waals surface area contributed by atoms with Crippen LogP contribution in [0.1, 0.15) is 6.42 Å². The Morgan fingerprint density at radius 1 is 1.22 bits per heavy atom. The lowest BCUT2D eigenvalue weighted by atomic mass is 10.0. The largest absolute Gasteiger partial charge is 0.726 e. The van der Waals surface area contributed by atoms with Crippen molar-refractivity contribution in [1.82, 2.24) is 0 Å². The molecular formula is C9H17O8S-. The van der Waals surface area contributed by atoms with Gasteiger partial charge in [-0.15, -0.1) is 0 Å². The zero-order valence-electron chi connectivity index (χ0n) is 10.4. The van der Waals surface area contributed by atoms with Gasteiger partial charge in [-0.05, 0) is 0 Å². The molecule has 0 aromatic carbocycles. The van der Waals surface area contributed by atoms with Gasteiger partial charge in [-0.2, -0.15) is 0 Å². The third-order valence-corrected chi connectivity index (χ3v) is 3.09. The molecule has 108 valence electrons. The van der Waals surface area contributed by atoms with Crippen molar-refractivity contribution in [3.05, 3.63) is 0 Å². The molecule has 1 saturated heterocycles. The smallest absolute Gasteiger partial charge is 0.217 e. The molecule has 1 heterocycles. The van der Waals surface area contributed by atoms with Gasteiger partial charge in [0.1, 0.15) is 6.10 Å². The SMILES string of the molecule is COC1CC(COS(=O)(=O)[O-])O[C@H](OC)C1OC. The Morgan fingerprint density at radius 2 is 1.89 bits per heavy atom. The van der Waals surface area contributed by atoms with Gasteiger partial charge in [-0.1, -0.05) is 0 Å². The maximum absolute atomic E-state index is 10.4. The van der Waals surface area contributed by atoms with Gasteiger partial charge in [0.05, 0.1) is 18.8 Å². The molecule has 0 spiro atoms. The standard InChI is InChI=1S/C9H18O8S/c1-13-7-4-6(5-16-18(10,11)12)17-9(15-3)8(7)14-2/h6-9H,4-5H2,1-3H3,(H,10,11,12)/p-1/t6?,7?,8?,9-/m0/s1. The van der Waals surface area contributed by atoms with Crippen molar-refractivity contribution < 1.29 is 36.1 Å². The van der Waals surface area contributed by atoms with Crippen LogP contribution in [-0.2, 0) is 33.5 Å². The molecule has 18 heavy (non-hydrogen) atoms. The summed E-state index contributed by atoms with van der Waals surface area (Å²) in [5, 5.41) is 0. The second-order valence-electron chi connectivity index (χ2n) is 3.77. The van der Waals surface area contributed by atoms with Crippen LogP contribution in [0.15, 0.2) is 0 Å². The highest BCUT2D eigenvalue weighted by Crippen LogP contribution is 2.25. The van der Waals surface area contributed by atoms with E-state index in [0.717, 1.165) is 0 Å². The molecule has 1 aliphatic heterocycles. The first kappa shape index (κ1) is 15.8. The van der Waals surface area contributed by atoms with Crippen LogP contribution in [0.2, 0.25) is 0 Å². The fourth-order valence-electron chi connectivity index (χ4n) is 1.84. The van der Waals surface area contributed by atoms with E-state index in [9.17, 15) is 13.0 Å². The third-order valence-electron chi connectivity index (χ3n) is 2.66. The first-order valence-electron chi connectivity index (χ1n) is 5.25. The maximum atomic E-state index is 10.4. The molecule has 1 rings (SSSR count). The van der Waals surface area contributed by atoms with E-state index in [4.69, 9.17) is 18.9 Å². The lowest BCUT2D eigenvalue weighted by Crippen LogP contribution is -2.51. The molecule has 1 aliphatic rings. The van der Waals surface area contributed by atoms with Gasteiger partial charge in [0, 0.05) is 27.8 Å². The van der Waals surface area contributed by atoms with Crippen molar-refractivity contribution >= 4 is 10.4 Å². The Kier molecular flexibility index (Phi) is 5.92. The summed E-state index contributed by atoms with van der Waals surface area (Å²) in [4.78, 5) is 0. The predicted octanol–water partition coefficient (Wildman–Crippen LogP) is -0.745. The molecule has 0 aliphatic carbocycles. The van der Waals surface area contributed by atoms with E-state index in [1.165, 1.54) is 21.3 Å². The van der Waals surface area contributed by atoms with E-state index in [1.54, 1.807) is 0 Å². The highest BCUT2D eigenvalue weighted by atomic mass is 32.3. The normalized spacial score (nSPS) is 33.6. The number of rotatable bonds is 6. The fraction of sp³-hybridized carbons (Fsp3) is 1.00. The van der Waals surface area contributed by atoms with Crippen LogP contribution in [0.3, 0.4) is 0 Å². The van der Waals surface area contributed by atoms with E-state index in [2.05, 4.69) is 4.18 Å². The minimum atomic E-state index is -4.73. The first-order valence-corrected chi connectivity index (χ1v) is 6.58. The maximum Gasteiger partial charge on any atom is 0.217 e. The molecule has 1 fully saturated rings. The van der Waals surface area contributed by atoms with Crippen molar-refractivity contribution in [3.8, 4) is 0 Å². The van der Waals surface area contributed by atoms with E-state index in [1.807, 2.05) is 0 Å². The Labute approximate surface area is 106 Å². The van der Waals surface area contributed by atoms with E-state index in [-0.39, 0.29) is 12.7 Å². The van der Waals surface area contributed by atoms with Gasteiger partial charge in [-0.3, -0.25) is 4.18 Å². The Bertz CT molecular complexity index is 328. The molecular weight excluding hydrogens is 268 g/mol. The van der Waals surface area contributed by atoms with E-state index >= 15 is 0 Å². The second-order valence-corrected chi connectivity index (χ2v) is 4.82. The summed E-state index contributed by atoms with van der Waals surface area (Å²) in [6, 6.07) is 0. The molecule has 0 aromatic heterocycles. The highest BCUT2D eigenvalue weighted by Gasteiger charge is 2.39. The van der Waals surface area contributed by atoms with E-state index < -0.39 is 28.9 Å². The fourth-order valence-corrected chi connectivity index (χ4v) is 2.16. The summed E-state index contributed by atoms with van der Waals surface area (Å²) in [6.45, 7) is -0.373. The third kappa shape index (κ3) is 4.43. The van der Waals surface area contributed by atoms with Crippen molar-refractivity contribution in [3.63, 3.8) is 0 Å². The van der Waals surface area contributed by atoms with Crippen molar-refractivity contribution in [2.24, 2.45) is 0 Å². The first-order chi connectivity index (χ1) is 8.41. The second kappa shape index (κ2) is 6.75. The molecule has 0 aromatic rings. The number of ether oxygens (including phenoxy) is 4. The predicted molar refractivity (Wildman–Crippen MR) is 57.5 cm³/mol. The zero-order chi connectivity index (χ0) is 13.8. The van der Waals surface area contributed by atoms with Crippen LogP contribution in [0, 0.1) is 0 Å². The van der Waals surface area contributed by atoms with Gasteiger partial charge >= 0.3 is 0 Å². The molecule has 0 amide bonds. The number of hydrogen-bond donors (Lipinski definition) is 0. The van der Waals surface area contributed by atoms with Gasteiger partial charge in [0.15, 0.2) is 6.29 Å². The Morgan fingerprint density at radius 3 is 2.33 bits per heavy atom. The van der Waals surface area contributed by atoms with Crippen molar-refractivity contribution in [1.29, 1.82) is 0 Å². The molecule has 0 saturated carbocycles. The summed E-state index contributed by atoms with van der Waals surface area (Å²) in [6.07, 6.45) is -1.76. The lowest BCUT2D eigenvalue weighted by molar-refractivity contribution is -0.270. The van der Waals surface area contributed by atoms with Gasteiger partial charge in [0.25, 0.3) is 0 Å². The van der Waals surface area contributed by atoms with Crippen molar-refractivity contribution in [2.75, 3.05) is 27.9 Å². The Hall–Kier alpha value is -0.290. The minimum Gasteiger partial charge on any atom is -0.726 e. The molecule has 0 radical (unpaired) electrons. The topological polar surface area (TPSA) is 103 Å². The highest BCUT2D eigenvalue weighted by molar-refractivity contribution is 7.80. The monoisotopic (exact) mass is 285 g/mol. The molecule has 8 nitrogen and oxygen atoms in total. The minimum absolute atomic E-state index is 0.336. The summed E-state index contributed by atoms with van der Waals surface area (Å²) < 4.78 is 56.2. The van der Waals surface area contributed by atoms with Crippen LogP contribution in [-0.4, -0.2) is 65.5 Å². The summed E-state index contributed by atoms with van der Waals surface area (Å²) in [7, 11) is -0.318. The van der Waals surface area contributed by atoms with Gasteiger partial charge < -0.3 is 23.5 Å². The molecule has 4 atom stereocenters. The van der Waals surface area contributed by atoms with E-state index in [0.29, 0.717) is 6.42 Å². The summed E-state index contributed by atoms with van der Waals surface area (Å²) >= 11 is 0. The zero-order valence-corrected chi connectivity index (χ0v) is 11.2. The van der Waals surface area contributed by atoms with Crippen LogP contribution >= 0.6 is 0 Å². The average Bonchev–Trinajstić information content (AvgIpc) is 2.33. The quantitative estimate of drug-likeness (QED) is 0.464. The lowest BCUT2D eigenvalue weighted by Gasteiger charge is -2.39. The number of hydrogen-bond acceptors (Lipinski definition) is 8. The number of methoxy groups -OCH3 is 3. The van der Waals surface area contributed by atoms with Gasteiger partial charge in [-0.25, -0.2) is 8.42 Å². The van der Waals surface area contributed by atoms with Crippen LogP contribution in [0.25, 0.3) is 0 Å². The van der Waals surface area contributed by atoms with Crippen LogP contribution in [0.5, 0.6) is 0 Å². The van der Waals surface area contributed by atoms with Crippen LogP contribution in [0.4, 0.5) is 0 Å². The molecule has 0 N–H and O–H groups in total. The van der Waals surface area contributed by atoms with Crippen molar-refractivity contribution in [2.45, 2.75) is 31.0 Å². The van der Waals surface area contributed by atoms with Crippen LogP contribution < -0.4 is 0 Å². The summed E-state index contributed by atoms with van der Waals surface area (Å²) in [5.74, 6) is 0. The molecule has 9 heteroatoms. The van der Waals surface area contributed by atoms with Gasteiger partial charge in [0.2, 0.25) is 10.4 Å².